The van der Waals surface area contributed by atoms with Crippen molar-refractivity contribution in [3.8, 4) is 0 Å². The Kier molecular flexibility index (Phi) is 5.43. The van der Waals surface area contributed by atoms with Crippen LogP contribution in [0.5, 0.6) is 0 Å². The number of ether oxygens (including phenoxy) is 1. The SMILES string of the molecule is FC1=CCC(CCOC2CCC(NC3=NC=N[C@@H]4NN=CC34)CC2)C=C1. The van der Waals surface area contributed by atoms with Gasteiger partial charge in [0.1, 0.15) is 18.0 Å². The van der Waals surface area contributed by atoms with Gasteiger partial charge in [0.2, 0.25) is 0 Å². The predicted octanol–water partition coefficient (Wildman–Crippen LogP) is 2.70. The molecule has 0 spiro atoms. The maximum Gasteiger partial charge on any atom is 0.150 e. The number of hydrogen-bond donors (Lipinski definition) is 2. The van der Waals surface area contributed by atoms with E-state index in [0.29, 0.717) is 18.1 Å². The molecule has 0 aromatic heterocycles. The van der Waals surface area contributed by atoms with E-state index >= 15 is 0 Å². The Hall–Kier alpha value is -2.02. The van der Waals surface area contributed by atoms with Crippen molar-refractivity contribution >= 4 is 18.4 Å². The average Bonchev–Trinajstić information content (AvgIpc) is 3.15. The van der Waals surface area contributed by atoms with Crippen LogP contribution >= 0.6 is 0 Å². The first kappa shape index (κ1) is 17.4. The summed E-state index contributed by atoms with van der Waals surface area (Å²) in [5, 5.41) is 7.68. The molecule has 4 aliphatic rings. The summed E-state index contributed by atoms with van der Waals surface area (Å²) in [6.45, 7) is 0.752. The molecule has 140 valence electrons. The van der Waals surface area contributed by atoms with Gasteiger partial charge in [-0.2, -0.15) is 5.10 Å². The molecule has 0 saturated heterocycles. The van der Waals surface area contributed by atoms with Crippen LogP contribution in [0.4, 0.5) is 4.39 Å². The van der Waals surface area contributed by atoms with Crippen molar-refractivity contribution in [2.24, 2.45) is 26.9 Å². The van der Waals surface area contributed by atoms with Crippen LogP contribution in [0.25, 0.3) is 0 Å². The van der Waals surface area contributed by atoms with E-state index in [9.17, 15) is 4.39 Å². The number of hydrazone groups is 1. The monoisotopic (exact) mass is 359 g/mol. The molecule has 0 aromatic rings. The van der Waals surface area contributed by atoms with Crippen LogP contribution in [0.15, 0.2) is 39.1 Å². The van der Waals surface area contributed by atoms with Crippen LogP contribution in [-0.4, -0.2) is 43.3 Å². The van der Waals surface area contributed by atoms with Gasteiger partial charge < -0.3 is 10.1 Å². The molecular weight excluding hydrogens is 333 g/mol. The molecule has 2 heterocycles. The predicted molar refractivity (Wildman–Crippen MR) is 101 cm³/mol. The number of aliphatic imine (C=N–C) groups is 2. The highest BCUT2D eigenvalue weighted by Gasteiger charge is 2.32. The second kappa shape index (κ2) is 8.12. The van der Waals surface area contributed by atoms with Crippen molar-refractivity contribution in [3.63, 3.8) is 0 Å². The number of allylic oxidation sites excluding steroid dienone is 4. The fourth-order valence-electron chi connectivity index (χ4n) is 3.92. The quantitative estimate of drug-likeness (QED) is 0.793. The van der Waals surface area contributed by atoms with Crippen molar-refractivity contribution in [1.29, 1.82) is 0 Å². The minimum atomic E-state index is -0.118. The summed E-state index contributed by atoms with van der Waals surface area (Å²) in [5.74, 6) is 1.38. The second-order valence-corrected chi connectivity index (χ2v) is 7.38. The highest BCUT2D eigenvalue weighted by Crippen LogP contribution is 2.25. The molecule has 4 rings (SSSR count). The van der Waals surface area contributed by atoms with Crippen molar-refractivity contribution in [2.45, 2.75) is 56.8 Å². The lowest BCUT2D eigenvalue weighted by molar-refractivity contribution is 0.0190. The van der Waals surface area contributed by atoms with Crippen molar-refractivity contribution in [2.75, 3.05) is 6.61 Å². The third-order valence-electron chi connectivity index (χ3n) is 5.53. The van der Waals surface area contributed by atoms with Gasteiger partial charge in [0.05, 0.1) is 12.0 Å². The molecule has 0 aromatic carbocycles. The molecule has 6 nitrogen and oxygen atoms in total. The normalized spacial score (nSPS) is 35.5. The van der Waals surface area contributed by atoms with Crippen LogP contribution < -0.4 is 10.7 Å². The first-order valence-electron chi connectivity index (χ1n) is 9.58. The molecule has 7 heteroatoms. The van der Waals surface area contributed by atoms with Crippen LogP contribution in [0.1, 0.15) is 38.5 Å². The summed E-state index contributed by atoms with van der Waals surface area (Å²) in [5.41, 5.74) is 2.99. The molecule has 0 bridgehead atoms. The smallest absolute Gasteiger partial charge is 0.150 e. The van der Waals surface area contributed by atoms with Gasteiger partial charge in [-0.05, 0) is 56.6 Å². The van der Waals surface area contributed by atoms with Crippen LogP contribution in [-0.2, 0) is 4.74 Å². The minimum Gasteiger partial charge on any atom is -0.378 e. The molecule has 2 unspecified atom stereocenters. The van der Waals surface area contributed by atoms with Crippen LogP contribution in [0, 0.1) is 11.8 Å². The maximum atomic E-state index is 13.0. The number of nitrogens with zero attached hydrogens (tertiary/aromatic N) is 3. The van der Waals surface area contributed by atoms with E-state index < -0.39 is 0 Å². The summed E-state index contributed by atoms with van der Waals surface area (Å²) in [7, 11) is 0. The number of nitrogens with one attached hydrogen (secondary N) is 2. The van der Waals surface area contributed by atoms with Crippen LogP contribution in [0.2, 0.25) is 0 Å². The van der Waals surface area contributed by atoms with Gasteiger partial charge in [-0.25, -0.2) is 14.4 Å². The van der Waals surface area contributed by atoms with Gasteiger partial charge >= 0.3 is 0 Å². The lowest BCUT2D eigenvalue weighted by Crippen LogP contribution is -2.47. The van der Waals surface area contributed by atoms with E-state index in [1.165, 1.54) is 0 Å². The Bertz CT molecular complexity index is 648. The summed E-state index contributed by atoms with van der Waals surface area (Å²) in [6, 6.07) is 0.434. The number of amidine groups is 1. The van der Waals surface area contributed by atoms with Crippen molar-refractivity contribution < 1.29 is 9.13 Å². The first-order valence-corrected chi connectivity index (χ1v) is 9.58. The van der Waals surface area contributed by atoms with Gasteiger partial charge in [0, 0.05) is 18.9 Å². The lowest BCUT2D eigenvalue weighted by Gasteiger charge is -2.32. The largest absolute Gasteiger partial charge is 0.378 e. The molecule has 2 aliphatic carbocycles. The maximum absolute atomic E-state index is 13.0. The Morgan fingerprint density at radius 1 is 1.27 bits per heavy atom. The zero-order valence-corrected chi connectivity index (χ0v) is 14.9. The lowest BCUT2D eigenvalue weighted by atomic mass is 9.92. The Labute approximate surface area is 153 Å². The second-order valence-electron chi connectivity index (χ2n) is 7.38. The van der Waals surface area contributed by atoms with E-state index in [4.69, 9.17) is 4.74 Å². The Balaban J connectivity index is 1.15. The Morgan fingerprint density at radius 3 is 2.96 bits per heavy atom. The van der Waals surface area contributed by atoms with E-state index in [2.05, 4.69) is 25.8 Å². The third-order valence-corrected chi connectivity index (χ3v) is 5.53. The number of fused-ring (bicyclic) bond motifs is 1. The van der Waals surface area contributed by atoms with Crippen molar-refractivity contribution in [1.82, 2.24) is 10.7 Å². The van der Waals surface area contributed by atoms with Gasteiger partial charge in [-0.3, -0.25) is 5.43 Å². The zero-order valence-electron chi connectivity index (χ0n) is 14.9. The summed E-state index contributed by atoms with van der Waals surface area (Å²) in [6.07, 6.45) is 15.1. The van der Waals surface area contributed by atoms with Gasteiger partial charge in [-0.1, -0.05) is 6.08 Å². The van der Waals surface area contributed by atoms with E-state index in [1.807, 2.05) is 12.3 Å². The molecule has 1 fully saturated rings. The topological polar surface area (TPSA) is 70.4 Å². The average molecular weight is 359 g/mol. The summed E-state index contributed by atoms with van der Waals surface area (Å²) < 4.78 is 19.0. The molecule has 26 heavy (non-hydrogen) atoms. The molecular formula is C19H26FN5O. The summed E-state index contributed by atoms with van der Waals surface area (Å²) >= 11 is 0. The van der Waals surface area contributed by atoms with Crippen molar-refractivity contribution in [3.05, 3.63) is 24.1 Å². The minimum absolute atomic E-state index is 0.00757. The zero-order chi connectivity index (χ0) is 17.8. The Morgan fingerprint density at radius 2 is 2.15 bits per heavy atom. The summed E-state index contributed by atoms with van der Waals surface area (Å²) in [4.78, 5) is 8.69. The van der Waals surface area contributed by atoms with Gasteiger partial charge in [0.25, 0.3) is 0 Å². The highest BCUT2D eigenvalue weighted by molar-refractivity contribution is 6.03. The molecule has 1 saturated carbocycles. The fourth-order valence-corrected chi connectivity index (χ4v) is 3.92. The first-order chi connectivity index (χ1) is 12.8. The standard InChI is InChI=1S/C19H26FN5O/c20-14-3-1-13(2-4-14)9-10-26-16-7-5-15(6-8-16)24-18-17-11-23-25-19(17)22-12-21-18/h1,3-4,11-13,15-17,19,25H,2,5-10H2,(H,21,22,24)/t13?,15?,16?,17?,19-/m1/s1. The number of rotatable bonds is 5. The number of hydrogen-bond acceptors (Lipinski definition) is 6. The molecule has 0 amide bonds. The van der Waals surface area contributed by atoms with Gasteiger partial charge in [0.15, 0.2) is 6.17 Å². The third kappa shape index (κ3) is 4.20. The van der Waals surface area contributed by atoms with E-state index in [0.717, 1.165) is 51.0 Å². The molecule has 3 atom stereocenters. The van der Waals surface area contributed by atoms with E-state index in [-0.39, 0.29) is 17.9 Å². The van der Waals surface area contributed by atoms with Gasteiger partial charge in [-0.15, -0.1) is 0 Å². The number of halogens is 1. The molecule has 0 radical (unpaired) electrons. The fraction of sp³-hybridized carbons (Fsp3) is 0.632. The molecule has 2 aliphatic heterocycles. The highest BCUT2D eigenvalue weighted by atomic mass is 19.1. The molecule has 2 N–H and O–H groups in total. The van der Waals surface area contributed by atoms with Crippen LogP contribution in [0.3, 0.4) is 0 Å². The van der Waals surface area contributed by atoms with E-state index in [1.54, 1.807) is 18.5 Å².